The third-order valence-corrected chi connectivity index (χ3v) is 2.69. The molecule has 1 aromatic carbocycles. The topological polar surface area (TPSA) is 59.0 Å². The number of likely N-dealkylation sites (N-methyl/N-ethyl adjacent to an activating group) is 1. The minimum atomic E-state index is 0.0238. The molecule has 0 bridgehead atoms. The second kappa shape index (κ2) is 6.70. The highest BCUT2D eigenvalue weighted by Crippen LogP contribution is 2.08. The van der Waals surface area contributed by atoms with Crippen molar-refractivity contribution in [2.45, 2.75) is 13.5 Å². The number of carbonyl (C=O) groups is 1. The number of carbonyl (C=O) groups excluding carboxylic acids is 1. The Hall–Kier alpha value is -2.14. The molecule has 2 N–H and O–H groups in total. The van der Waals surface area contributed by atoms with E-state index in [-0.39, 0.29) is 5.91 Å². The normalized spacial score (nSPS) is 10.4. The summed E-state index contributed by atoms with van der Waals surface area (Å²) >= 11 is 0. The SMILES string of the molecule is CCNC(=O)CNCc1ccc(-n2cccn2)cc1. The Morgan fingerprint density at radius 3 is 2.74 bits per heavy atom. The Kier molecular flexibility index (Phi) is 4.69. The van der Waals surface area contributed by atoms with Crippen molar-refractivity contribution in [1.29, 1.82) is 0 Å². The number of amides is 1. The van der Waals surface area contributed by atoms with E-state index in [1.165, 1.54) is 0 Å². The zero-order valence-electron chi connectivity index (χ0n) is 11.0. The van der Waals surface area contributed by atoms with Gasteiger partial charge in [0.05, 0.1) is 12.2 Å². The van der Waals surface area contributed by atoms with Crippen molar-refractivity contribution in [3.63, 3.8) is 0 Å². The second-order valence-electron chi connectivity index (χ2n) is 4.17. The van der Waals surface area contributed by atoms with Crippen LogP contribution in [0.4, 0.5) is 0 Å². The maximum Gasteiger partial charge on any atom is 0.233 e. The highest BCUT2D eigenvalue weighted by molar-refractivity contribution is 5.77. The quantitative estimate of drug-likeness (QED) is 0.815. The zero-order chi connectivity index (χ0) is 13.5. The molecule has 0 aliphatic heterocycles. The van der Waals surface area contributed by atoms with Crippen LogP contribution in [0.5, 0.6) is 0 Å². The molecule has 2 rings (SSSR count). The van der Waals surface area contributed by atoms with E-state index >= 15 is 0 Å². The minimum absolute atomic E-state index is 0.0238. The van der Waals surface area contributed by atoms with Gasteiger partial charge in [0, 0.05) is 25.5 Å². The molecule has 0 radical (unpaired) electrons. The van der Waals surface area contributed by atoms with Gasteiger partial charge in [0.1, 0.15) is 0 Å². The lowest BCUT2D eigenvalue weighted by molar-refractivity contribution is -0.120. The van der Waals surface area contributed by atoms with Crippen LogP contribution in [0.3, 0.4) is 0 Å². The van der Waals surface area contributed by atoms with Crippen molar-refractivity contribution in [2.75, 3.05) is 13.1 Å². The molecule has 0 spiro atoms. The van der Waals surface area contributed by atoms with Crippen LogP contribution in [0.25, 0.3) is 5.69 Å². The van der Waals surface area contributed by atoms with Crippen LogP contribution in [0, 0.1) is 0 Å². The number of nitrogens with one attached hydrogen (secondary N) is 2. The predicted molar refractivity (Wildman–Crippen MR) is 74.0 cm³/mol. The first-order valence-electron chi connectivity index (χ1n) is 6.36. The molecular weight excluding hydrogens is 240 g/mol. The van der Waals surface area contributed by atoms with E-state index in [0.29, 0.717) is 19.6 Å². The number of nitrogens with zero attached hydrogens (tertiary/aromatic N) is 2. The minimum Gasteiger partial charge on any atom is -0.355 e. The molecule has 2 aromatic rings. The van der Waals surface area contributed by atoms with Crippen molar-refractivity contribution in [1.82, 2.24) is 20.4 Å². The van der Waals surface area contributed by atoms with Gasteiger partial charge in [-0.15, -0.1) is 0 Å². The Bertz CT molecular complexity index is 505. The van der Waals surface area contributed by atoms with E-state index in [1.54, 1.807) is 6.20 Å². The Morgan fingerprint density at radius 2 is 2.11 bits per heavy atom. The average molecular weight is 258 g/mol. The average Bonchev–Trinajstić information content (AvgIpc) is 2.94. The molecule has 0 saturated heterocycles. The van der Waals surface area contributed by atoms with E-state index < -0.39 is 0 Å². The van der Waals surface area contributed by atoms with Gasteiger partial charge in [-0.3, -0.25) is 4.79 Å². The smallest absolute Gasteiger partial charge is 0.233 e. The molecule has 5 heteroatoms. The number of hydrogen-bond donors (Lipinski definition) is 2. The summed E-state index contributed by atoms with van der Waals surface area (Å²) < 4.78 is 1.81. The van der Waals surface area contributed by atoms with Gasteiger partial charge in [-0.25, -0.2) is 4.68 Å². The highest BCUT2D eigenvalue weighted by atomic mass is 16.1. The fraction of sp³-hybridized carbons (Fsp3) is 0.286. The number of hydrogen-bond acceptors (Lipinski definition) is 3. The maximum absolute atomic E-state index is 11.3. The summed E-state index contributed by atoms with van der Waals surface area (Å²) in [6.07, 6.45) is 3.66. The van der Waals surface area contributed by atoms with Crippen molar-refractivity contribution < 1.29 is 4.79 Å². The molecule has 1 heterocycles. The van der Waals surface area contributed by atoms with Crippen LogP contribution in [-0.2, 0) is 11.3 Å². The van der Waals surface area contributed by atoms with Crippen molar-refractivity contribution in [3.05, 3.63) is 48.3 Å². The maximum atomic E-state index is 11.3. The molecule has 0 saturated carbocycles. The van der Waals surface area contributed by atoms with E-state index in [0.717, 1.165) is 11.3 Å². The first-order valence-corrected chi connectivity index (χ1v) is 6.36. The van der Waals surface area contributed by atoms with Crippen molar-refractivity contribution >= 4 is 5.91 Å². The first-order chi connectivity index (χ1) is 9.29. The standard InChI is InChI=1S/C14H18N4O/c1-2-16-14(19)11-15-10-12-4-6-13(7-5-12)18-9-3-8-17-18/h3-9,15H,2,10-11H2,1H3,(H,16,19). The van der Waals surface area contributed by atoms with Gasteiger partial charge in [-0.05, 0) is 30.7 Å². The van der Waals surface area contributed by atoms with Crippen molar-refractivity contribution in [2.24, 2.45) is 0 Å². The fourth-order valence-corrected chi connectivity index (χ4v) is 1.77. The molecule has 1 amide bonds. The van der Waals surface area contributed by atoms with Gasteiger partial charge in [-0.2, -0.15) is 5.10 Å². The van der Waals surface area contributed by atoms with Crippen molar-refractivity contribution in [3.8, 4) is 5.69 Å². The summed E-state index contributed by atoms with van der Waals surface area (Å²) in [5.41, 5.74) is 2.16. The van der Waals surface area contributed by atoms with Crippen LogP contribution in [0.1, 0.15) is 12.5 Å². The lowest BCUT2D eigenvalue weighted by Crippen LogP contribution is -2.33. The highest BCUT2D eigenvalue weighted by Gasteiger charge is 2.00. The predicted octanol–water partition coefficient (Wildman–Crippen LogP) is 1.10. The lowest BCUT2D eigenvalue weighted by atomic mass is 10.2. The summed E-state index contributed by atoms with van der Waals surface area (Å²) in [5.74, 6) is 0.0238. The number of rotatable bonds is 6. The molecule has 0 unspecified atom stereocenters. The van der Waals surface area contributed by atoms with E-state index in [9.17, 15) is 4.79 Å². The molecule has 5 nitrogen and oxygen atoms in total. The first kappa shape index (κ1) is 13.3. The van der Waals surface area contributed by atoms with Gasteiger partial charge in [-0.1, -0.05) is 12.1 Å². The Morgan fingerprint density at radius 1 is 1.32 bits per heavy atom. The molecule has 1 aromatic heterocycles. The van der Waals surface area contributed by atoms with E-state index in [1.807, 2.05) is 48.1 Å². The summed E-state index contributed by atoms with van der Waals surface area (Å²) in [6.45, 7) is 3.59. The molecule has 0 atom stereocenters. The Labute approximate surface area is 112 Å². The molecule has 19 heavy (non-hydrogen) atoms. The van der Waals surface area contributed by atoms with Crippen LogP contribution in [0.2, 0.25) is 0 Å². The van der Waals surface area contributed by atoms with Gasteiger partial charge in [0.2, 0.25) is 5.91 Å². The summed E-state index contributed by atoms with van der Waals surface area (Å²) in [7, 11) is 0. The van der Waals surface area contributed by atoms with Gasteiger partial charge in [0.25, 0.3) is 0 Å². The molecular formula is C14H18N4O. The Balaban J connectivity index is 1.84. The third-order valence-electron chi connectivity index (χ3n) is 2.69. The fourth-order valence-electron chi connectivity index (χ4n) is 1.77. The van der Waals surface area contributed by atoms with E-state index in [2.05, 4.69) is 15.7 Å². The zero-order valence-corrected chi connectivity index (χ0v) is 11.0. The van der Waals surface area contributed by atoms with E-state index in [4.69, 9.17) is 0 Å². The van der Waals surface area contributed by atoms with Crippen LogP contribution >= 0.6 is 0 Å². The van der Waals surface area contributed by atoms with Gasteiger partial charge in [0.15, 0.2) is 0 Å². The van der Waals surface area contributed by atoms with Crippen LogP contribution in [-0.4, -0.2) is 28.8 Å². The van der Waals surface area contributed by atoms with Crippen LogP contribution < -0.4 is 10.6 Å². The summed E-state index contributed by atoms with van der Waals surface area (Å²) in [6, 6.07) is 9.97. The monoisotopic (exact) mass is 258 g/mol. The van der Waals surface area contributed by atoms with Crippen LogP contribution in [0.15, 0.2) is 42.7 Å². The molecule has 100 valence electrons. The van der Waals surface area contributed by atoms with Gasteiger partial charge < -0.3 is 10.6 Å². The molecule has 0 aliphatic rings. The lowest BCUT2D eigenvalue weighted by Gasteiger charge is -2.06. The molecule has 0 aliphatic carbocycles. The second-order valence-corrected chi connectivity index (χ2v) is 4.17. The summed E-state index contributed by atoms with van der Waals surface area (Å²) in [5, 5.41) is 10.0. The molecule has 0 fully saturated rings. The van der Waals surface area contributed by atoms with Gasteiger partial charge >= 0.3 is 0 Å². The number of aromatic nitrogens is 2. The summed E-state index contributed by atoms with van der Waals surface area (Å²) in [4.78, 5) is 11.3. The largest absolute Gasteiger partial charge is 0.355 e. The third kappa shape index (κ3) is 3.93. The number of benzene rings is 1.